The number of aliphatic imine (C=N–C) groups is 1. The molecular weight excluding hydrogens is 442 g/mol. The van der Waals surface area contributed by atoms with Gasteiger partial charge in [0, 0.05) is 11.9 Å². The predicted molar refractivity (Wildman–Crippen MR) is 128 cm³/mol. The van der Waals surface area contributed by atoms with Crippen LogP contribution in [0.5, 0.6) is 0 Å². The summed E-state index contributed by atoms with van der Waals surface area (Å²) in [5, 5.41) is 0. The van der Waals surface area contributed by atoms with E-state index >= 15 is 0 Å². The lowest BCUT2D eigenvalue weighted by molar-refractivity contribution is -0.117. The number of hydrogen-bond acceptors (Lipinski definition) is 6. The summed E-state index contributed by atoms with van der Waals surface area (Å²) in [7, 11) is -3.68. The fourth-order valence-electron chi connectivity index (χ4n) is 4.45. The molecule has 2 fully saturated rings. The van der Waals surface area contributed by atoms with E-state index in [2.05, 4.69) is 21.4 Å². The monoisotopic (exact) mass is 471 g/mol. The summed E-state index contributed by atoms with van der Waals surface area (Å²) in [5.74, 6) is 0.129. The first-order chi connectivity index (χ1) is 15.8. The second kappa shape index (κ2) is 9.46. The first-order valence-electron chi connectivity index (χ1n) is 11.3. The van der Waals surface area contributed by atoms with Gasteiger partial charge in [0.15, 0.2) is 5.82 Å². The van der Waals surface area contributed by atoms with Crippen LogP contribution in [-0.4, -0.2) is 36.3 Å². The lowest BCUT2D eigenvalue weighted by Crippen LogP contribution is -2.30. The SMILES string of the molecule is C=NC(=O)Cc1cnc(-n2c(C3CC3)ccc(NS(=O)(=O)CC3CCCCC3)c2=O)c(N)c1. The van der Waals surface area contributed by atoms with E-state index in [0.29, 0.717) is 5.56 Å². The number of pyridine rings is 2. The molecule has 0 aromatic carbocycles. The van der Waals surface area contributed by atoms with E-state index < -0.39 is 21.5 Å². The molecule has 4 rings (SSSR count). The fourth-order valence-corrected chi connectivity index (χ4v) is 5.98. The number of carbonyl (C=O) groups is 1. The molecule has 0 aliphatic heterocycles. The molecule has 10 heteroatoms. The van der Waals surface area contributed by atoms with Crippen molar-refractivity contribution in [2.75, 3.05) is 16.2 Å². The minimum atomic E-state index is -3.68. The van der Waals surface area contributed by atoms with Crippen LogP contribution in [0.4, 0.5) is 11.4 Å². The molecule has 3 N–H and O–H groups in total. The van der Waals surface area contributed by atoms with Gasteiger partial charge in [-0.25, -0.2) is 18.4 Å². The van der Waals surface area contributed by atoms with Crippen LogP contribution in [0.25, 0.3) is 5.82 Å². The van der Waals surface area contributed by atoms with E-state index in [1.54, 1.807) is 12.1 Å². The molecular formula is C23H29N5O4S. The Labute approximate surface area is 193 Å². The molecule has 2 aromatic heterocycles. The third-order valence-corrected chi connectivity index (χ3v) is 7.69. The van der Waals surface area contributed by atoms with Gasteiger partial charge in [0.25, 0.3) is 5.56 Å². The summed E-state index contributed by atoms with van der Waals surface area (Å²) in [5.41, 5.74) is 7.19. The number of nitrogen functional groups attached to an aromatic ring is 1. The topological polar surface area (TPSA) is 137 Å². The molecule has 0 atom stereocenters. The zero-order chi connectivity index (χ0) is 23.6. The molecule has 0 radical (unpaired) electrons. The molecule has 0 saturated heterocycles. The zero-order valence-corrected chi connectivity index (χ0v) is 19.3. The number of nitrogens with two attached hydrogens (primary N) is 1. The van der Waals surface area contributed by atoms with Gasteiger partial charge in [0.05, 0.1) is 17.9 Å². The Morgan fingerprint density at radius 2 is 1.94 bits per heavy atom. The van der Waals surface area contributed by atoms with E-state index in [1.807, 2.05) is 0 Å². The average Bonchev–Trinajstić information content (AvgIpc) is 3.61. The van der Waals surface area contributed by atoms with Crippen LogP contribution in [0.15, 0.2) is 34.2 Å². The first kappa shape index (κ1) is 23.2. The Morgan fingerprint density at radius 1 is 1.21 bits per heavy atom. The molecule has 176 valence electrons. The quantitative estimate of drug-likeness (QED) is 0.568. The molecule has 2 aliphatic rings. The number of amides is 1. The molecule has 33 heavy (non-hydrogen) atoms. The van der Waals surface area contributed by atoms with Crippen LogP contribution in [0, 0.1) is 5.92 Å². The number of nitrogens with one attached hydrogen (secondary N) is 1. The van der Waals surface area contributed by atoms with Crippen molar-refractivity contribution in [3.63, 3.8) is 0 Å². The highest BCUT2D eigenvalue weighted by molar-refractivity contribution is 7.92. The number of rotatable bonds is 8. The highest BCUT2D eigenvalue weighted by Gasteiger charge is 2.30. The summed E-state index contributed by atoms with van der Waals surface area (Å²) < 4.78 is 29.5. The molecule has 2 aliphatic carbocycles. The van der Waals surface area contributed by atoms with E-state index in [-0.39, 0.29) is 41.2 Å². The smallest absolute Gasteiger partial charge is 0.280 e. The minimum absolute atomic E-state index is 0.00632. The number of aromatic nitrogens is 2. The van der Waals surface area contributed by atoms with Crippen LogP contribution < -0.4 is 16.0 Å². The average molecular weight is 472 g/mol. The highest BCUT2D eigenvalue weighted by atomic mass is 32.2. The summed E-state index contributed by atoms with van der Waals surface area (Å²) in [4.78, 5) is 32.7. The molecule has 2 aromatic rings. The molecule has 1 amide bonds. The van der Waals surface area contributed by atoms with Gasteiger partial charge in [-0.3, -0.25) is 18.9 Å². The van der Waals surface area contributed by atoms with E-state index in [9.17, 15) is 18.0 Å². The summed E-state index contributed by atoms with van der Waals surface area (Å²) in [6.45, 7) is 3.22. The Bertz CT molecular complexity index is 1230. The summed E-state index contributed by atoms with van der Waals surface area (Å²) >= 11 is 0. The van der Waals surface area contributed by atoms with E-state index in [4.69, 9.17) is 5.73 Å². The Kier molecular flexibility index (Phi) is 6.64. The second-order valence-corrected chi connectivity index (χ2v) is 10.7. The Morgan fingerprint density at radius 3 is 2.58 bits per heavy atom. The van der Waals surface area contributed by atoms with Crippen LogP contribution in [-0.2, 0) is 21.2 Å². The number of anilines is 2. The van der Waals surface area contributed by atoms with Crippen LogP contribution >= 0.6 is 0 Å². The first-order valence-corrected chi connectivity index (χ1v) is 12.9. The van der Waals surface area contributed by atoms with Crippen molar-refractivity contribution in [2.24, 2.45) is 10.9 Å². The van der Waals surface area contributed by atoms with Crippen molar-refractivity contribution in [3.05, 3.63) is 46.0 Å². The molecule has 0 spiro atoms. The maximum atomic E-state index is 13.4. The number of carbonyl (C=O) groups excluding carboxylic acids is 1. The number of hydrogen-bond donors (Lipinski definition) is 2. The Hall–Kier alpha value is -3.01. The van der Waals surface area contributed by atoms with Crippen LogP contribution in [0.3, 0.4) is 0 Å². The van der Waals surface area contributed by atoms with Crippen molar-refractivity contribution < 1.29 is 13.2 Å². The van der Waals surface area contributed by atoms with E-state index in [0.717, 1.165) is 50.6 Å². The molecule has 2 heterocycles. The fraction of sp³-hybridized carbons (Fsp3) is 0.478. The number of sulfonamides is 1. The van der Waals surface area contributed by atoms with Crippen molar-refractivity contribution in [1.29, 1.82) is 0 Å². The second-order valence-electron chi connectivity index (χ2n) is 8.96. The van der Waals surface area contributed by atoms with Crippen LogP contribution in [0.2, 0.25) is 0 Å². The van der Waals surface area contributed by atoms with Gasteiger partial charge in [0.2, 0.25) is 15.9 Å². The molecule has 9 nitrogen and oxygen atoms in total. The van der Waals surface area contributed by atoms with Gasteiger partial charge in [-0.2, -0.15) is 0 Å². The maximum absolute atomic E-state index is 13.4. The van der Waals surface area contributed by atoms with Gasteiger partial charge < -0.3 is 5.73 Å². The van der Waals surface area contributed by atoms with Crippen LogP contribution in [0.1, 0.15) is 62.1 Å². The largest absolute Gasteiger partial charge is 0.396 e. The van der Waals surface area contributed by atoms with Gasteiger partial charge in [-0.15, -0.1) is 0 Å². The lowest BCUT2D eigenvalue weighted by Gasteiger charge is -2.22. The summed E-state index contributed by atoms with van der Waals surface area (Å²) in [6, 6.07) is 4.87. The molecule has 0 bridgehead atoms. The van der Waals surface area contributed by atoms with Crippen molar-refractivity contribution in [1.82, 2.24) is 9.55 Å². The van der Waals surface area contributed by atoms with Crippen molar-refractivity contribution in [3.8, 4) is 5.82 Å². The predicted octanol–water partition coefficient (Wildman–Crippen LogP) is 2.78. The van der Waals surface area contributed by atoms with E-state index in [1.165, 1.54) is 16.8 Å². The standard InChI is InChI=1S/C23H29N5O4S/c1-25-21(29)12-16-11-18(24)22(26-13-16)28-20(17-7-8-17)10-9-19(23(28)30)27-33(31,32)14-15-5-3-2-4-6-15/h9-11,13,15,17,27H,1-8,12,14,24H2. The van der Waals surface area contributed by atoms with Crippen molar-refractivity contribution >= 4 is 34.0 Å². The maximum Gasteiger partial charge on any atom is 0.280 e. The number of nitrogens with zero attached hydrogens (tertiary/aromatic N) is 3. The lowest BCUT2D eigenvalue weighted by atomic mass is 9.91. The minimum Gasteiger partial charge on any atom is -0.396 e. The normalized spacial score (nSPS) is 17.0. The van der Waals surface area contributed by atoms with Crippen molar-refractivity contribution in [2.45, 2.75) is 57.3 Å². The van der Waals surface area contributed by atoms with Gasteiger partial charge in [-0.05, 0) is 68.0 Å². The molecule has 0 unspecified atom stereocenters. The summed E-state index contributed by atoms with van der Waals surface area (Å²) in [6.07, 6.45) is 8.35. The third-order valence-electron chi connectivity index (χ3n) is 6.25. The third kappa shape index (κ3) is 5.50. The van der Waals surface area contributed by atoms with Gasteiger partial charge in [0.1, 0.15) is 5.69 Å². The zero-order valence-electron chi connectivity index (χ0n) is 18.5. The Balaban J connectivity index is 1.67. The highest BCUT2D eigenvalue weighted by Crippen LogP contribution is 2.40. The van der Waals surface area contributed by atoms with Gasteiger partial charge >= 0.3 is 0 Å². The van der Waals surface area contributed by atoms with Gasteiger partial charge in [-0.1, -0.05) is 19.3 Å². The molecule has 2 saturated carbocycles.